The number of nitrogens with zero attached hydrogens (tertiary/aromatic N) is 2. The van der Waals surface area contributed by atoms with Gasteiger partial charge in [-0.25, -0.2) is 0 Å². The van der Waals surface area contributed by atoms with Crippen molar-refractivity contribution in [2.45, 2.75) is 13.5 Å². The van der Waals surface area contributed by atoms with Gasteiger partial charge in [-0.3, -0.25) is 14.8 Å². The largest absolute Gasteiger partial charge is 0.326 e. The summed E-state index contributed by atoms with van der Waals surface area (Å²) < 4.78 is 0. The third kappa shape index (κ3) is 2.70. The fourth-order valence-electron chi connectivity index (χ4n) is 1.48. The van der Waals surface area contributed by atoms with Crippen molar-refractivity contribution < 1.29 is 4.79 Å². The Morgan fingerprint density at radius 3 is 2.78 bits per heavy atom. The molecule has 0 saturated carbocycles. The van der Waals surface area contributed by atoms with Crippen molar-refractivity contribution in [2.24, 2.45) is 5.73 Å². The smallest absolute Gasteiger partial charge is 0.274 e. The lowest BCUT2D eigenvalue weighted by atomic mass is 10.2. The van der Waals surface area contributed by atoms with Crippen molar-refractivity contribution in [1.82, 2.24) is 9.97 Å². The number of aromatic nitrogens is 2. The van der Waals surface area contributed by atoms with Crippen LogP contribution in [0.1, 0.15) is 21.7 Å². The topological polar surface area (TPSA) is 80.9 Å². The molecular formula is C13H14N4O. The lowest BCUT2D eigenvalue weighted by Crippen LogP contribution is -2.15. The Morgan fingerprint density at radius 2 is 2.17 bits per heavy atom. The Bertz CT molecular complexity index is 551. The zero-order valence-electron chi connectivity index (χ0n) is 10.1. The molecule has 0 aliphatic carbocycles. The van der Waals surface area contributed by atoms with Crippen LogP contribution in [0.4, 0.5) is 5.69 Å². The number of amides is 1. The lowest BCUT2D eigenvalue weighted by molar-refractivity contribution is 0.102. The number of carbonyl (C=O) groups is 1. The molecule has 0 saturated heterocycles. The first kappa shape index (κ1) is 12.2. The summed E-state index contributed by atoms with van der Waals surface area (Å²) in [7, 11) is 0. The fraction of sp³-hybridized carbons (Fsp3) is 0.154. The number of carbonyl (C=O) groups excluding carboxylic acids is 1. The van der Waals surface area contributed by atoms with Gasteiger partial charge in [0.2, 0.25) is 0 Å². The minimum Gasteiger partial charge on any atom is -0.326 e. The average molecular weight is 242 g/mol. The number of nitrogens with one attached hydrogen (secondary N) is 1. The number of pyridine rings is 2. The summed E-state index contributed by atoms with van der Waals surface area (Å²) in [4.78, 5) is 20.1. The Labute approximate surface area is 105 Å². The summed E-state index contributed by atoms with van der Waals surface area (Å²) in [5.74, 6) is -0.255. The van der Waals surface area contributed by atoms with Crippen LogP contribution in [-0.4, -0.2) is 15.9 Å². The number of anilines is 1. The molecule has 0 unspecified atom stereocenters. The number of nitrogens with two attached hydrogens (primary N) is 1. The Balaban J connectivity index is 2.14. The summed E-state index contributed by atoms with van der Waals surface area (Å²) in [6.45, 7) is 2.25. The van der Waals surface area contributed by atoms with E-state index in [1.165, 1.54) is 0 Å². The molecule has 2 heterocycles. The van der Waals surface area contributed by atoms with E-state index in [1.54, 1.807) is 36.7 Å². The molecule has 1 amide bonds. The van der Waals surface area contributed by atoms with Crippen LogP contribution >= 0.6 is 0 Å². The molecule has 92 valence electrons. The van der Waals surface area contributed by atoms with Gasteiger partial charge in [0.05, 0.1) is 11.4 Å². The van der Waals surface area contributed by atoms with Crippen molar-refractivity contribution in [1.29, 1.82) is 0 Å². The maximum atomic E-state index is 11.9. The zero-order chi connectivity index (χ0) is 13.0. The Kier molecular flexibility index (Phi) is 3.64. The van der Waals surface area contributed by atoms with E-state index in [4.69, 9.17) is 5.73 Å². The van der Waals surface area contributed by atoms with E-state index in [0.29, 0.717) is 17.9 Å². The van der Waals surface area contributed by atoms with Gasteiger partial charge in [0, 0.05) is 18.9 Å². The molecule has 2 aromatic heterocycles. The molecule has 0 atom stereocenters. The molecule has 2 aromatic rings. The number of hydrogen-bond acceptors (Lipinski definition) is 4. The highest BCUT2D eigenvalue weighted by molar-refractivity contribution is 6.03. The van der Waals surface area contributed by atoms with Crippen LogP contribution in [-0.2, 0) is 6.54 Å². The monoisotopic (exact) mass is 242 g/mol. The molecule has 3 N–H and O–H groups in total. The van der Waals surface area contributed by atoms with E-state index in [-0.39, 0.29) is 5.91 Å². The summed E-state index contributed by atoms with van der Waals surface area (Å²) >= 11 is 0. The quantitative estimate of drug-likeness (QED) is 0.854. The second-order valence-corrected chi connectivity index (χ2v) is 3.85. The minimum atomic E-state index is -0.255. The van der Waals surface area contributed by atoms with Gasteiger partial charge in [0.25, 0.3) is 5.91 Å². The maximum absolute atomic E-state index is 11.9. The molecule has 0 spiro atoms. The van der Waals surface area contributed by atoms with E-state index in [2.05, 4.69) is 15.3 Å². The van der Waals surface area contributed by atoms with Gasteiger partial charge in [-0.2, -0.15) is 0 Å². The van der Waals surface area contributed by atoms with Gasteiger partial charge < -0.3 is 11.1 Å². The van der Waals surface area contributed by atoms with Crippen LogP contribution in [0.15, 0.2) is 36.7 Å². The first-order chi connectivity index (χ1) is 8.70. The van der Waals surface area contributed by atoms with Crippen LogP contribution in [0.2, 0.25) is 0 Å². The van der Waals surface area contributed by atoms with Crippen molar-refractivity contribution in [3.63, 3.8) is 0 Å². The molecule has 5 heteroatoms. The van der Waals surface area contributed by atoms with Crippen molar-refractivity contribution in [3.8, 4) is 0 Å². The number of aryl methyl sites for hydroxylation is 1. The van der Waals surface area contributed by atoms with Gasteiger partial charge in [-0.15, -0.1) is 0 Å². The van der Waals surface area contributed by atoms with Crippen molar-refractivity contribution in [2.75, 3.05) is 5.32 Å². The zero-order valence-corrected chi connectivity index (χ0v) is 10.1. The van der Waals surface area contributed by atoms with Gasteiger partial charge in [0.15, 0.2) is 0 Å². The molecular weight excluding hydrogens is 228 g/mol. The third-order valence-corrected chi connectivity index (χ3v) is 2.55. The molecule has 0 fully saturated rings. The second kappa shape index (κ2) is 5.37. The molecule has 0 radical (unpaired) electrons. The third-order valence-electron chi connectivity index (χ3n) is 2.55. The van der Waals surface area contributed by atoms with E-state index in [1.807, 2.05) is 6.92 Å². The molecule has 5 nitrogen and oxygen atoms in total. The maximum Gasteiger partial charge on any atom is 0.274 e. The van der Waals surface area contributed by atoms with Gasteiger partial charge >= 0.3 is 0 Å². The van der Waals surface area contributed by atoms with Crippen LogP contribution in [0, 0.1) is 6.92 Å². The highest BCUT2D eigenvalue weighted by Gasteiger charge is 2.08. The van der Waals surface area contributed by atoms with E-state index in [9.17, 15) is 4.79 Å². The lowest BCUT2D eigenvalue weighted by Gasteiger charge is -2.06. The molecule has 0 aromatic carbocycles. The summed E-state index contributed by atoms with van der Waals surface area (Å²) in [6.07, 6.45) is 3.28. The summed E-state index contributed by atoms with van der Waals surface area (Å²) in [5, 5.41) is 2.77. The summed E-state index contributed by atoms with van der Waals surface area (Å²) in [6, 6.07) is 7.02. The highest BCUT2D eigenvalue weighted by Crippen LogP contribution is 2.11. The second-order valence-electron chi connectivity index (χ2n) is 3.85. The normalized spacial score (nSPS) is 10.1. The first-order valence-electron chi connectivity index (χ1n) is 5.58. The minimum absolute atomic E-state index is 0.255. The molecule has 0 aliphatic heterocycles. The predicted octanol–water partition coefficient (Wildman–Crippen LogP) is 1.50. The van der Waals surface area contributed by atoms with Crippen molar-refractivity contribution in [3.05, 3.63) is 53.6 Å². The van der Waals surface area contributed by atoms with Crippen LogP contribution in [0.5, 0.6) is 0 Å². The number of rotatable bonds is 3. The molecule has 0 bridgehead atoms. The van der Waals surface area contributed by atoms with Gasteiger partial charge in [-0.1, -0.05) is 6.07 Å². The van der Waals surface area contributed by atoms with Gasteiger partial charge in [-0.05, 0) is 30.7 Å². The molecule has 18 heavy (non-hydrogen) atoms. The van der Waals surface area contributed by atoms with Crippen molar-refractivity contribution >= 4 is 11.6 Å². The fourth-order valence-corrected chi connectivity index (χ4v) is 1.48. The highest BCUT2D eigenvalue weighted by atomic mass is 16.1. The molecule has 2 rings (SSSR count). The SMILES string of the molecule is Cc1ncccc1NC(=O)c1ccc(CN)cn1. The molecule has 0 aliphatic rings. The average Bonchev–Trinajstić information content (AvgIpc) is 2.41. The predicted molar refractivity (Wildman–Crippen MR) is 69.1 cm³/mol. The van der Waals surface area contributed by atoms with E-state index < -0.39 is 0 Å². The van der Waals surface area contributed by atoms with E-state index in [0.717, 1.165) is 11.3 Å². The summed E-state index contributed by atoms with van der Waals surface area (Å²) in [5.41, 5.74) is 8.18. The van der Waals surface area contributed by atoms with Gasteiger partial charge in [0.1, 0.15) is 5.69 Å². The standard InChI is InChI=1S/C13H14N4O/c1-9-11(3-2-6-15-9)17-13(18)12-5-4-10(7-14)8-16-12/h2-6,8H,7,14H2,1H3,(H,17,18). The van der Waals surface area contributed by atoms with Crippen LogP contribution in [0.3, 0.4) is 0 Å². The Hall–Kier alpha value is -2.27. The Morgan fingerprint density at radius 1 is 1.33 bits per heavy atom. The first-order valence-corrected chi connectivity index (χ1v) is 5.58. The number of hydrogen-bond donors (Lipinski definition) is 2. The van der Waals surface area contributed by atoms with Crippen LogP contribution in [0.25, 0.3) is 0 Å². The van der Waals surface area contributed by atoms with Crippen LogP contribution < -0.4 is 11.1 Å². The van der Waals surface area contributed by atoms with E-state index >= 15 is 0 Å².